The molecule has 2 aliphatic heterocycles. The monoisotopic (exact) mass is 427 g/mol. The van der Waals surface area contributed by atoms with Gasteiger partial charge in [-0.15, -0.1) is 0 Å². The fraction of sp³-hybridized carbons (Fsp3) is 0.200. The van der Waals surface area contributed by atoms with Crippen LogP contribution in [0.3, 0.4) is 0 Å². The molecule has 1 fully saturated rings. The molecule has 26 heavy (non-hydrogen) atoms. The zero-order valence-electron chi connectivity index (χ0n) is 14.1. The van der Waals surface area contributed by atoms with E-state index in [-0.39, 0.29) is 5.91 Å². The van der Waals surface area contributed by atoms with E-state index < -0.39 is 0 Å². The second-order valence-electron chi connectivity index (χ2n) is 6.17. The fourth-order valence-electron chi connectivity index (χ4n) is 3.08. The molecule has 2 aromatic rings. The number of nitrogens with zero attached hydrogens (tertiary/aromatic N) is 3. The Bertz CT molecular complexity index is 874. The van der Waals surface area contributed by atoms with E-state index in [1.165, 1.54) is 17.4 Å². The molecule has 4 nitrogen and oxygen atoms in total. The quantitative estimate of drug-likeness (QED) is 0.671. The minimum Gasteiger partial charge on any atom is -0.368 e. The summed E-state index contributed by atoms with van der Waals surface area (Å²) in [5, 5.41) is 0.823. The van der Waals surface area contributed by atoms with Crippen molar-refractivity contribution in [2.24, 2.45) is 4.99 Å². The van der Waals surface area contributed by atoms with Gasteiger partial charge in [-0.1, -0.05) is 46.3 Å². The van der Waals surface area contributed by atoms with Crippen molar-refractivity contribution < 1.29 is 4.79 Å². The number of anilines is 1. The van der Waals surface area contributed by atoms with Crippen LogP contribution in [0.25, 0.3) is 6.08 Å². The number of thioether (sulfide) groups is 1. The summed E-state index contributed by atoms with van der Waals surface area (Å²) in [5.41, 5.74) is 2.25. The maximum atomic E-state index is 12.3. The molecule has 0 atom stereocenters. The zero-order valence-corrected chi connectivity index (χ0v) is 16.5. The third kappa shape index (κ3) is 3.86. The van der Waals surface area contributed by atoms with Gasteiger partial charge in [0.2, 0.25) is 0 Å². The number of aliphatic imine (C=N–C) groups is 1. The number of rotatable bonds is 2. The molecular weight excluding hydrogens is 410 g/mol. The van der Waals surface area contributed by atoms with Crippen molar-refractivity contribution >= 4 is 50.5 Å². The summed E-state index contributed by atoms with van der Waals surface area (Å²) in [7, 11) is 0. The molecule has 2 heterocycles. The normalized spacial score (nSPS) is 19.2. The average Bonchev–Trinajstić information content (AvgIpc) is 3.03. The number of carbonyl (C=O) groups excluding carboxylic acids is 1. The van der Waals surface area contributed by atoms with Gasteiger partial charge in [-0.2, -0.15) is 4.99 Å². The summed E-state index contributed by atoms with van der Waals surface area (Å²) in [4.78, 5) is 21.8. The van der Waals surface area contributed by atoms with Gasteiger partial charge in [-0.25, -0.2) is 0 Å². The minimum absolute atomic E-state index is 0.143. The fourth-order valence-corrected chi connectivity index (χ4v) is 4.46. The molecule has 1 saturated heterocycles. The molecule has 0 aromatic heterocycles. The molecule has 4 rings (SSSR count). The minimum atomic E-state index is -0.143. The smallest absolute Gasteiger partial charge is 0.286 e. The van der Waals surface area contributed by atoms with Crippen molar-refractivity contribution in [3.8, 4) is 0 Å². The predicted molar refractivity (Wildman–Crippen MR) is 112 cm³/mol. The van der Waals surface area contributed by atoms with Gasteiger partial charge in [0, 0.05) is 36.3 Å². The van der Waals surface area contributed by atoms with Gasteiger partial charge in [0.15, 0.2) is 5.17 Å². The van der Waals surface area contributed by atoms with Crippen LogP contribution in [0.5, 0.6) is 0 Å². The molecule has 0 radical (unpaired) electrons. The molecule has 0 bridgehead atoms. The topological polar surface area (TPSA) is 35.9 Å². The molecule has 6 heteroatoms. The molecule has 2 aromatic carbocycles. The Hall–Kier alpha value is -2.05. The summed E-state index contributed by atoms with van der Waals surface area (Å²) in [6, 6.07) is 18.4. The van der Waals surface area contributed by atoms with Gasteiger partial charge in [0.05, 0.1) is 4.91 Å². The van der Waals surface area contributed by atoms with Crippen molar-refractivity contribution in [2.45, 2.75) is 0 Å². The summed E-state index contributed by atoms with van der Waals surface area (Å²) >= 11 is 4.94. The first-order valence-corrected chi connectivity index (χ1v) is 10.1. The Morgan fingerprint density at radius 1 is 0.962 bits per heavy atom. The van der Waals surface area contributed by atoms with Gasteiger partial charge >= 0.3 is 0 Å². The van der Waals surface area contributed by atoms with Crippen LogP contribution in [-0.4, -0.2) is 42.2 Å². The molecule has 2 aliphatic rings. The van der Waals surface area contributed by atoms with Crippen LogP contribution >= 0.6 is 27.7 Å². The number of hydrogen-bond acceptors (Lipinski definition) is 4. The Kier molecular flexibility index (Phi) is 5.13. The van der Waals surface area contributed by atoms with Crippen LogP contribution in [0.4, 0.5) is 5.69 Å². The Labute approximate surface area is 165 Å². The first-order valence-electron chi connectivity index (χ1n) is 8.52. The van der Waals surface area contributed by atoms with E-state index in [2.05, 4.69) is 55.0 Å². The number of halogens is 1. The van der Waals surface area contributed by atoms with Crippen LogP contribution < -0.4 is 4.90 Å². The van der Waals surface area contributed by atoms with Crippen molar-refractivity contribution in [2.75, 3.05) is 31.1 Å². The third-order valence-electron chi connectivity index (χ3n) is 4.43. The lowest BCUT2D eigenvalue weighted by molar-refractivity contribution is -0.113. The van der Waals surface area contributed by atoms with E-state index in [1.807, 2.05) is 36.4 Å². The SMILES string of the molecule is O=C1N=C(N2CCN(c3ccccc3)CC2)S/C1=C\c1cccc(Br)c1. The highest BCUT2D eigenvalue weighted by molar-refractivity contribution is 9.10. The largest absolute Gasteiger partial charge is 0.368 e. The van der Waals surface area contributed by atoms with E-state index in [0.29, 0.717) is 4.91 Å². The average molecular weight is 428 g/mol. The number of piperazine rings is 1. The maximum Gasteiger partial charge on any atom is 0.286 e. The van der Waals surface area contributed by atoms with Crippen LogP contribution in [0.2, 0.25) is 0 Å². The zero-order chi connectivity index (χ0) is 17.9. The van der Waals surface area contributed by atoms with Gasteiger partial charge in [0.25, 0.3) is 5.91 Å². The first kappa shape index (κ1) is 17.4. The lowest BCUT2D eigenvalue weighted by atomic mass is 10.2. The Morgan fingerprint density at radius 3 is 2.42 bits per heavy atom. The standard InChI is InChI=1S/C20H18BrN3OS/c21-16-6-4-5-15(13-16)14-18-19(25)22-20(26-18)24-11-9-23(10-12-24)17-7-2-1-3-8-17/h1-8,13-14H,9-12H2/b18-14-. The van der Waals surface area contributed by atoms with Gasteiger partial charge in [-0.3, -0.25) is 4.79 Å². The van der Waals surface area contributed by atoms with E-state index in [4.69, 9.17) is 0 Å². The third-order valence-corrected chi connectivity index (χ3v) is 5.96. The van der Waals surface area contributed by atoms with Crippen LogP contribution in [-0.2, 0) is 4.79 Å². The van der Waals surface area contributed by atoms with E-state index in [0.717, 1.165) is 41.4 Å². The lowest BCUT2D eigenvalue weighted by Gasteiger charge is -2.36. The van der Waals surface area contributed by atoms with Crippen molar-refractivity contribution in [1.29, 1.82) is 0 Å². The number of amidine groups is 1. The summed E-state index contributed by atoms with van der Waals surface area (Å²) in [5.74, 6) is -0.143. The molecule has 1 amide bonds. The first-order chi connectivity index (χ1) is 12.7. The molecule has 132 valence electrons. The molecule has 0 spiro atoms. The van der Waals surface area contributed by atoms with Crippen molar-refractivity contribution in [3.05, 3.63) is 69.5 Å². The number of carbonyl (C=O) groups is 1. The van der Waals surface area contributed by atoms with E-state index in [1.54, 1.807) is 0 Å². The van der Waals surface area contributed by atoms with Gasteiger partial charge < -0.3 is 9.80 Å². The number of para-hydroxylation sites is 1. The van der Waals surface area contributed by atoms with Gasteiger partial charge in [0.1, 0.15) is 0 Å². The van der Waals surface area contributed by atoms with Crippen LogP contribution in [0.15, 0.2) is 69.0 Å². The van der Waals surface area contributed by atoms with E-state index >= 15 is 0 Å². The van der Waals surface area contributed by atoms with Crippen molar-refractivity contribution in [3.63, 3.8) is 0 Å². The molecule has 0 unspecified atom stereocenters. The van der Waals surface area contributed by atoms with E-state index in [9.17, 15) is 4.79 Å². The molecule has 0 saturated carbocycles. The number of benzene rings is 2. The molecule has 0 aliphatic carbocycles. The highest BCUT2D eigenvalue weighted by Gasteiger charge is 2.28. The van der Waals surface area contributed by atoms with Crippen molar-refractivity contribution in [1.82, 2.24) is 4.90 Å². The molecule has 0 N–H and O–H groups in total. The Balaban J connectivity index is 1.41. The summed E-state index contributed by atoms with van der Waals surface area (Å²) < 4.78 is 1.00. The summed E-state index contributed by atoms with van der Waals surface area (Å²) in [6.45, 7) is 3.61. The van der Waals surface area contributed by atoms with Crippen LogP contribution in [0.1, 0.15) is 5.56 Å². The molecular formula is C20H18BrN3OS. The lowest BCUT2D eigenvalue weighted by Crippen LogP contribution is -2.47. The number of hydrogen-bond donors (Lipinski definition) is 0. The van der Waals surface area contributed by atoms with Gasteiger partial charge in [-0.05, 0) is 47.7 Å². The Morgan fingerprint density at radius 2 is 1.69 bits per heavy atom. The highest BCUT2D eigenvalue weighted by atomic mass is 79.9. The second kappa shape index (κ2) is 7.68. The highest BCUT2D eigenvalue weighted by Crippen LogP contribution is 2.31. The second-order valence-corrected chi connectivity index (χ2v) is 8.10. The van der Waals surface area contributed by atoms with Crippen LogP contribution in [0, 0.1) is 0 Å². The summed E-state index contributed by atoms with van der Waals surface area (Å²) in [6.07, 6.45) is 1.91. The predicted octanol–water partition coefficient (Wildman–Crippen LogP) is 4.24. The number of amides is 1. The maximum absolute atomic E-state index is 12.3.